The number of hydrogen-bond donors (Lipinski definition) is 4. The third-order valence-corrected chi connectivity index (χ3v) is 6.25. The van der Waals surface area contributed by atoms with Crippen LogP contribution < -0.4 is 10.6 Å². The second kappa shape index (κ2) is 8.60. The van der Waals surface area contributed by atoms with E-state index in [-0.39, 0.29) is 11.6 Å². The smallest absolute Gasteiger partial charge is 0.414 e. The van der Waals surface area contributed by atoms with Crippen molar-refractivity contribution in [1.29, 1.82) is 0 Å². The molecule has 0 aromatic rings. The Morgan fingerprint density at radius 2 is 0.893 bits per heavy atom. The molecule has 4 aliphatic rings. The number of carboxylic acids is 2. The number of aliphatic carboxylic acids is 2. The lowest BCUT2D eigenvalue weighted by Crippen LogP contribution is -2.67. The van der Waals surface area contributed by atoms with Crippen molar-refractivity contribution in [3.8, 4) is 0 Å². The van der Waals surface area contributed by atoms with E-state index >= 15 is 0 Å². The lowest BCUT2D eigenvalue weighted by Gasteiger charge is -2.59. The first-order valence-corrected chi connectivity index (χ1v) is 9.21. The molecule has 2 aliphatic carbocycles. The molecule has 2 spiro atoms. The zero-order valence-electron chi connectivity index (χ0n) is 17.0. The van der Waals surface area contributed by atoms with Gasteiger partial charge in [0.25, 0.3) is 0 Å². The number of carbonyl (C=O) groups is 2. The Kier molecular flexibility index (Phi) is 7.06. The molecule has 10 nitrogen and oxygen atoms in total. The molecule has 2 saturated carbocycles. The highest BCUT2D eigenvalue weighted by Gasteiger charge is 2.59. The lowest BCUT2D eigenvalue weighted by atomic mass is 9.60. The number of hydrogen-bond acceptors (Lipinski definition) is 8. The van der Waals surface area contributed by atoms with Crippen LogP contribution in [-0.4, -0.2) is 88.3 Å². The predicted octanol–water partition coefficient (Wildman–Crippen LogP) is -0.127. The summed E-state index contributed by atoms with van der Waals surface area (Å²) in [5.41, 5.74) is 1.04. The van der Waals surface area contributed by atoms with Gasteiger partial charge in [-0.1, -0.05) is 0 Å². The third-order valence-electron chi connectivity index (χ3n) is 6.25. The third kappa shape index (κ3) is 4.64. The molecule has 0 bridgehead atoms. The Morgan fingerprint density at radius 3 is 1.00 bits per heavy atom. The van der Waals surface area contributed by atoms with Gasteiger partial charge in [0.05, 0.1) is 0 Å². The summed E-state index contributed by atoms with van der Waals surface area (Å²) in [6, 6.07) is 0. The molecule has 0 atom stereocenters. The minimum absolute atomic E-state index is 0.248. The van der Waals surface area contributed by atoms with Crippen LogP contribution in [0.5, 0.6) is 0 Å². The number of nitrogens with one attached hydrogen (secondary N) is 2. The highest BCUT2D eigenvalue weighted by Crippen LogP contribution is 2.53. The molecule has 28 heavy (non-hydrogen) atoms. The minimum atomic E-state index is -1.82. The first-order valence-electron chi connectivity index (χ1n) is 9.21. The summed E-state index contributed by atoms with van der Waals surface area (Å²) < 4.78 is 21.2. The van der Waals surface area contributed by atoms with Crippen molar-refractivity contribution in [2.45, 2.75) is 37.3 Å². The van der Waals surface area contributed by atoms with Crippen LogP contribution in [0.15, 0.2) is 0 Å². The fraction of sp³-hybridized carbons (Fsp3) is 0.889. The van der Waals surface area contributed by atoms with E-state index in [9.17, 15) is 0 Å². The van der Waals surface area contributed by atoms with Crippen molar-refractivity contribution in [2.24, 2.45) is 10.8 Å². The Balaban J connectivity index is 0.000000158. The van der Waals surface area contributed by atoms with Crippen LogP contribution >= 0.6 is 0 Å². The fourth-order valence-electron chi connectivity index (χ4n) is 4.38. The molecule has 162 valence electrons. The van der Waals surface area contributed by atoms with Crippen LogP contribution in [0.4, 0.5) is 0 Å². The van der Waals surface area contributed by atoms with Crippen LogP contribution in [0.25, 0.3) is 0 Å². The van der Waals surface area contributed by atoms with Gasteiger partial charge in [0.1, 0.15) is 0 Å². The summed E-state index contributed by atoms with van der Waals surface area (Å²) in [4.78, 5) is 18.2. The van der Waals surface area contributed by atoms with Gasteiger partial charge < -0.3 is 39.8 Å². The van der Waals surface area contributed by atoms with Gasteiger partial charge in [0, 0.05) is 91.1 Å². The van der Waals surface area contributed by atoms with E-state index in [0.717, 1.165) is 51.9 Å². The SMILES string of the molecule is COC1(OC)CC2(CNC2)C1.COC1(OC)CC2(CNC2)C1.O=C(O)C(=O)O. The second-order valence-electron chi connectivity index (χ2n) is 8.16. The summed E-state index contributed by atoms with van der Waals surface area (Å²) in [5.74, 6) is -4.14. The number of ether oxygens (including phenoxy) is 4. The molecule has 4 rings (SSSR count). The molecule has 4 N–H and O–H groups in total. The molecule has 2 saturated heterocycles. The second-order valence-corrected chi connectivity index (χ2v) is 8.16. The largest absolute Gasteiger partial charge is 0.473 e. The van der Waals surface area contributed by atoms with E-state index in [1.165, 1.54) is 0 Å². The van der Waals surface area contributed by atoms with Crippen molar-refractivity contribution in [2.75, 3.05) is 54.6 Å². The van der Waals surface area contributed by atoms with Crippen LogP contribution in [0, 0.1) is 10.8 Å². The Morgan fingerprint density at radius 1 is 0.643 bits per heavy atom. The summed E-state index contributed by atoms with van der Waals surface area (Å²) in [6.45, 7) is 4.56. The predicted molar refractivity (Wildman–Crippen MR) is 97.8 cm³/mol. The van der Waals surface area contributed by atoms with Crippen LogP contribution in [-0.2, 0) is 28.5 Å². The van der Waals surface area contributed by atoms with Crippen molar-refractivity contribution < 1.29 is 38.7 Å². The van der Waals surface area contributed by atoms with E-state index < -0.39 is 11.9 Å². The van der Waals surface area contributed by atoms with Crippen molar-refractivity contribution >= 4 is 11.9 Å². The highest BCUT2D eigenvalue weighted by molar-refractivity contribution is 6.27. The summed E-state index contributed by atoms with van der Waals surface area (Å²) >= 11 is 0. The average molecular weight is 404 g/mol. The normalized spacial score (nSPS) is 26.0. The molecule has 10 heteroatoms. The van der Waals surface area contributed by atoms with Gasteiger partial charge >= 0.3 is 11.9 Å². The topological polar surface area (TPSA) is 136 Å². The summed E-state index contributed by atoms with van der Waals surface area (Å²) in [7, 11) is 6.90. The van der Waals surface area contributed by atoms with Crippen molar-refractivity contribution in [3.63, 3.8) is 0 Å². The van der Waals surface area contributed by atoms with E-state index in [4.69, 9.17) is 38.7 Å². The van der Waals surface area contributed by atoms with E-state index in [1.807, 2.05) is 0 Å². The van der Waals surface area contributed by atoms with Crippen LogP contribution in [0.1, 0.15) is 25.7 Å². The number of methoxy groups -OCH3 is 4. The molecule has 0 amide bonds. The Labute approximate surface area is 164 Å². The first-order chi connectivity index (χ1) is 13.1. The lowest BCUT2D eigenvalue weighted by molar-refractivity contribution is -0.305. The van der Waals surface area contributed by atoms with E-state index in [0.29, 0.717) is 10.8 Å². The van der Waals surface area contributed by atoms with Gasteiger partial charge in [0.2, 0.25) is 0 Å². The summed E-state index contributed by atoms with van der Waals surface area (Å²) in [6.07, 6.45) is 4.22. The molecular formula is C18H32N2O8. The minimum Gasteiger partial charge on any atom is -0.473 e. The standard InChI is InChI=1S/2C8H15NO2.C2H2O4/c2*1-10-8(11-2)3-7(4-8)5-9-6-7;3-1(4)2(5)6/h2*9H,3-6H2,1-2H3;(H,3,4)(H,5,6). The molecular weight excluding hydrogens is 372 g/mol. The molecule has 4 fully saturated rings. The molecule has 2 heterocycles. The van der Waals surface area contributed by atoms with E-state index in [1.54, 1.807) is 28.4 Å². The molecule has 0 radical (unpaired) electrons. The maximum Gasteiger partial charge on any atom is 0.414 e. The van der Waals surface area contributed by atoms with Crippen LogP contribution in [0.2, 0.25) is 0 Å². The van der Waals surface area contributed by atoms with E-state index in [2.05, 4.69) is 10.6 Å². The summed E-state index contributed by atoms with van der Waals surface area (Å²) in [5, 5.41) is 21.3. The number of carboxylic acid groups (broad SMARTS) is 2. The van der Waals surface area contributed by atoms with Gasteiger partial charge in [-0.25, -0.2) is 9.59 Å². The Hall–Kier alpha value is -1.30. The van der Waals surface area contributed by atoms with Crippen molar-refractivity contribution in [1.82, 2.24) is 10.6 Å². The average Bonchev–Trinajstić information content (AvgIpc) is 2.53. The number of rotatable bonds is 4. The zero-order chi connectivity index (χ0) is 21.1. The maximum absolute atomic E-state index is 9.10. The molecule has 0 unspecified atom stereocenters. The van der Waals surface area contributed by atoms with Gasteiger partial charge in [-0.2, -0.15) is 0 Å². The van der Waals surface area contributed by atoms with Crippen molar-refractivity contribution in [3.05, 3.63) is 0 Å². The maximum atomic E-state index is 9.10. The van der Waals surface area contributed by atoms with Gasteiger partial charge in [-0.15, -0.1) is 0 Å². The first kappa shape index (κ1) is 23.0. The highest BCUT2D eigenvalue weighted by atomic mass is 16.7. The van der Waals surface area contributed by atoms with Crippen LogP contribution in [0.3, 0.4) is 0 Å². The van der Waals surface area contributed by atoms with Gasteiger partial charge in [0.15, 0.2) is 11.6 Å². The zero-order valence-corrected chi connectivity index (χ0v) is 17.0. The molecule has 2 aliphatic heterocycles. The fourth-order valence-corrected chi connectivity index (χ4v) is 4.38. The van der Waals surface area contributed by atoms with Gasteiger partial charge in [-0.3, -0.25) is 0 Å². The van der Waals surface area contributed by atoms with Gasteiger partial charge in [-0.05, 0) is 0 Å². The molecule has 0 aromatic carbocycles. The Bertz CT molecular complexity index is 496. The monoisotopic (exact) mass is 404 g/mol. The molecule has 0 aromatic heterocycles. The quantitative estimate of drug-likeness (QED) is 0.371.